The maximum Gasteiger partial charge on any atom is 0.0602 e. The van der Waals surface area contributed by atoms with Crippen molar-refractivity contribution in [1.29, 1.82) is 0 Å². The molecule has 0 bridgehead atoms. The van der Waals surface area contributed by atoms with Gasteiger partial charge in [-0.15, -0.1) is 0 Å². The number of rotatable bonds is 5. The van der Waals surface area contributed by atoms with E-state index in [9.17, 15) is 0 Å². The van der Waals surface area contributed by atoms with E-state index in [0.29, 0.717) is 0 Å². The van der Waals surface area contributed by atoms with E-state index in [0.717, 1.165) is 0 Å². The fraction of sp³-hybridized carbons (Fsp3) is 0.226. The van der Waals surface area contributed by atoms with E-state index in [4.69, 9.17) is 0 Å². The normalized spacial score (nSPS) is 11.9. The van der Waals surface area contributed by atoms with Gasteiger partial charge in [0.25, 0.3) is 0 Å². The van der Waals surface area contributed by atoms with E-state index < -0.39 is 0 Å². The van der Waals surface area contributed by atoms with Crippen LogP contribution in [0.1, 0.15) is 40.2 Å². The molecule has 0 heterocycles. The van der Waals surface area contributed by atoms with E-state index in [2.05, 4.69) is 149 Å². The lowest BCUT2D eigenvalue weighted by Gasteiger charge is -2.49. The van der Waals surface area contributed by atoms with Crippen LogP contribution in [0.3, 0.4) is 0 Å². The van der Waals surface area contributed by atoms with Crippen LogP contribution in [0.2, 0.25) is 0 Å². The Morgan fingerprint density at radius 2 is 0.875 bits per heavy atom. The highest BCUT2D eigenvalue weighted by Gasteiger charge is 2.36. The first-order valence-electron chi connectivity index (χ1n) is 11.4. The molecule has 0 aliphatic carbocycles. The summed E-state index contributed by atoms with van der Waals surface area (Å²) in [7, 11) is 0. The molecule has 0 radical (unpaired) electrons. The summed E-state index contributed by atoms with van der Waals surface area (Å²) in [4.78, 5) is 2.56. The zero-order valence-corrected chi connectivity index (χ0v) is 19.8. The Morgan fingerprint density at radius 1 is 0.469 bits per heavy atom. The van der Waals surface area contributed by atoms with Crippen LogP contribution in [-0.4, -0.2) is 5.54 Å². The second kappa shape index (κ2) is 8.67. The highest BCUT2D eigenvalue weighted by Crippen LogP contribution is 2.41. The SMILES string of the molecule is CC(C)(C)N(c1cc(-c2ccccc2)cc(-c2ccccc2)c1)C(C)(C)c1ccccc1. The van der Waals surface area contributed by atoms with Crippen LogP contribution in [0.5, 0.6) is 0 Å². The molecule has 32 heavy (non-hydrogen) atoms. The molecule has 0 aromatic heterocycles. The topological polar surface area (TPSA) is 3.24 Å². The Morgan fingerprint density at radius 3 is 1.28 bits per heavy atom. The van der Waals surface area contributed by atoms with Gasteiger partial charge in [-0.2, -0.15) is 0 Å². The number of benzene rings is 4. The van der Waals surface area contributed by atoms with Crippen LogP contribution >= 0.6 is 0 Å². The van der Waals surface area contributed by atoms with Gasteiger partial charge in [0, 0.05) is 11.2 Å². The van der Waals surface area contributed by atoms with Gasteiger partial charge >= 0.3 is 0 Å². The van der Waals surface area contributed by atoms with Gasteiger partial charge in [-0.25, -0.2) is 0 Å². The first-order valence-corrected chi connectivity index (χ1v) is 11.4. The molecule has 0 spiro atoms. The van der Waals surface area contributed by atoms with Gasteiger partial charge in [-0.1, -0.05) is 91.0 Å². The van der Waals surface area contributed by atoms with Crippen molar-refractivity contribution >= 4 is 5.69 Å². The second-order valence-electron chi connectivity index (χ2n) is 9.93. The Hall–Kier alpha value is -3.32. The molecular weight excluding hydrogens is 386 g/mol. The minimum atomic E-state index is -0.192. The van der Waals surface area contributed by atoms with Gasteiger partial charge in [-0.05, 0) is 80.6 Å². The zero-order chi connectivity index (χ0) is 22.8. The number of nitrogens with zero attached hydrogens (tertiary/aromatic N) is 1. The molecule has 0 saturated carbocycles. The first-order chi connectivity index (χ1) is 15.3. The third-order valence-corrected chi connectivity index (χ3v) is 6.10. The molecule has 4 aromatic rings. The summed E-state index contributed by atoms with van der Waals surface area (Å²) in [6.45, 7) is 11.6. The highest BCUT2D eigenvalue weighted by atomic mass is 15.2. The van der Waals surface area contributed by atoms with Crippen molar-refractivity contribution in [3.8, 4) is 22.3 Å². The Kier molecular flexibility index (Phi) is 5.93. The summed E-state index contributed by atoms with van der Waals surface area (Å²) < 4.78 is 0. The molecule has 0 saturated heterocycles. The standard InChI is InChI=1S/C31H33N/c1-30(2,3)32(31(4,5)28-19-13-8-14-20-28)29-22-26(24-15-9-6-10-16-24)21-27(23-29)25-17-11-7-12-18-25/h6-23H,1-5H3. The van der Waals surface area contributed by atoms with Crippen molar-refractivity contribution < 1.29 is 0 Å². The minimum absolute atomic E-state index is 0.0807. The minimum Gasteiger partial charge on any atom is -0.357 e. The van der Waals surface area contributed by atoms with E-state index >= 15 is 0 Å². The van der Waals surface area contributed by atoms with Gasteiger partial charge in [0.2, 0.25) is 0 Å². The summed E-state index contributed by atoms with van der Waals surface area (Å²) in [6.07, 6.45) is 0. The van der Waals surface area contributed by atoms with Crippen LogP contribution in [-0.2, 0) is 5.54 Å². The number of anilines is 1. The molecule has 0 aliphatic rings. The molecule has 0 fully saturated rings. The van der Waals surface area contributed by atoms with E-state index in [-0.39, 0.29) is 11.1 Å². The largest absolute Gasteiger partial charge is 0.357 e. The van der Waals surface area contributed by atoms with E-state index in [1.165, 1.54) is 33.5 Å². The molecule has 0 aliphatic heterocycles. The van der Waals surface area contributed by atoms with Gasteiger partial charge in [-0.3, -0.25) is 0 Å². The predicted octanol–water partition coefficient (Wildman–Crippen LogP) is 8.56. The molecule has 4 rings (SSSR count). The highest BCUT2D eigenvalue weighted by molar-refractivity contribution is 5.79. The smallest absolute Gasteiger partial charge is 0.0602 e. The van der Waals surface area contributed by atoms with Gasteiger partial charge < -0.3 is 4.90 Å². The summed E-state index contributed by atoms with van der Waals surface area (Å²) in [5.41, 5.74) is 7.20. The van der Waals surface area contributed by atoms with Crippen LogP contribution in [0, 0.1) is 0 Å². The molecule has 0 N–H and O–H groups in total. The van der Waals surface area contributed by atoms with Crippen LogP contribution in [0.4, 0.5) is 5.69 Å². The fourth-order valence-corrected chi connectivity index (χ4v) is 4.86. The first kappa shape index (κ1) is 21.9. The fourth-order valence-electron chi connectivity index (χ4n) is 4.86. The van der Waals surface area contributed by atoms with Crippen molar-refractivity contribution in [1.82, 2.24) is 0 Å². The third kappa shape index (κ3) is 4.48. The molecule has 1 nitrogen and oxygen atoms in total. The Balaban J connectivity index is 1.95. The lowest BCUT2D eigenvalue weighted by Crippen LogP contribution is -2.52. The molecule has 0 atom stereocenters. The average Bonchev–Trinajstić information content (AvgIpc) is 2.79. The maximum absolute atomic E-state index is 2.56. The molecular formula is C31H33N. The quantitative estimate of drug-likeness (QED) is 0.313. The average molecular weight is 420 g/mol. The lowest BCUT2D eigenvalue weighted by atomic mass is 9.86. The number of hydrogen-bond acceptors (Lipinski definition) is 1. The lowest BCUT2D eigenvalue weighted by molar-refractivity contribution is 0.365. The second-order valence-corrected chi connectivity index (χ2v) is 9.93. The van der Waals surface area contributed by atoms with Crippen LogP contribution in [0.15, 0.2) is 109 Å². The Labute approximate surface area is 193 Å². The van der Waals surface area contributed by atoms with Crippen molar-refractivity contribution in [2.24, 2.45) is 0 Å². The van der Waals surface area contributed by atoms with Crippen LogP contribution < -0.4 is 4.90 Å². The molecule has 0 amide bonds. The predicted molar refractivity (Wildman–Crippen MR) is 139 cm³/mol. The molecule has 0 unspecified atom stereocenters. The summed E-state index contributed by atoms with van der Waals surface area (Å²) in [6, 6.07) is 39.2. The maximum atomic E-state index is 2.56. The summed E-state index contributed by atoms with van der Waals surface area (Å²) in [5.74, 6) is 0. The molecule has 4 aromatic carbocycles. The monoisotopic (exact) mass is 419 g/mol. The zero-order valence-electron chi connectivity index (χ0n) is 19.8. The van der Waals surface area contributed by atoms with Gasteiger partial charge in [0.05, 0.1) is 5.54 Å². The van der Waals surface area contributed by atoms with Crippen molar-refractivity contribution in [3.05, 3.63) is 115 Å². The van der Waals surface area contributed by atoms with Crippen molar-refractivity contribution in [3.63, 3.8) is 0 Å². The third-order valence-electron chi connectivity index (χ3n) is 6.10. The van der Waals surface area contributed by atoms with E-state index in [1.54, 1.807) is 0 Å². The van der Waals surface area contributed by atoms with Crippen molar-refractivity contribution in [2.45, 2.75) is 45.7 Å². The van der Waals surface area contributed by atoms with E-state index in [1.807, 2.05) is 0 Å². The number of hydrogen-bond donors (Lipinski definition) is 0. The van der Waals surface area contributed by atoms with Crippen molar-refractivity contribution in [2.75, 3.05) is 4.90 Å². The van der Waals surface area contributed by atoms with Crippen LogP contribution in [0.25, 0.3) is 22.3 Å². The van der Waals surface area contributed by atoms with Gasteiger partial charge in [0.15, 0.2) is 0 Å². The Bertz CT molecular complexity index is 1100. The summed E-state index contributed by atoms with van der Waals surface area (Å²) in [5, 5.41) is 0. The summed E-state index contributed by atoms with van der Waals surface area (Å²) >= 11 is 0. The van der Waals surface area contributed by atoms with Gasteiger partial charge in [0.1, 0.15) is 0 Å². The molecule has 162 valence electrons. The molecule has 1 heteroatoms.